The third-order valence-corrected chi connectivity index (χ3v) is 5.03. The molecule has 1 aliphatic carbocycles. The van der Waals surface area contributed by atoms with Crippen LogP contribution in [-0.4, -0.2) is 40.2 Å². The lowest BCUT2D eigenvalue weighted by atomic mass is 10.1. The number of hydrogen-bond acceptors (Lipinski definition) is 5. The van der Waals surface area contributed by atoms with Gasteiger partial charge in [0.2, 0.25) is 0 Å². The Morgan fingerprint density at radius 3 is 2.76 bits per heavy atom. The summed E-state index contributed by atoms with van der Waals surface area (Å²) in [7, 11) is 0. The highest BCUT2D eigenvalue weighted by Gasteiger charge is 2.39. The highest BCUT2D eigenvalue weighted by molar-refractivity contribution is 8.02. The van der Waals surface area contributed by atoms with Gasteiger partial charge < -0.3 is 0 Å². The second-order valence-corrected chi connectivity index (χ2v) is 6.90. The van der Waals surface area contributed by atoms with Crippen LogP contribution in [0.15, 0.2) is 11.1 Å². The third kappa shape index (κ3) is 3.59. The lowest BCUT2D eigenvalue weighted by molar-refractivity contribution is -0.106. The predicted molar refractivity (Wildman–Crippen MR) is 83.9 cm³/mol. The van der Waals surface area contributed by atoms with Crippen LogP contribution in [-0.2, 0) is 4.79 Å². The predicted octanol–water partition coefficient (Wildman–Crippen LogP) is 1.84. The van der Waals surface area contributed by atoms with Crippen LogP contribution in [0.5, 0.6) is 0 Å². The van der Waals surface area contributed by atoms with Crippen molar-refractivity contribution < 1.29 is 9.59 Å². The van der Waals surface area contributed by atoms with E-state index < -0.39 is 6.03 Å². The smallest absolute Gasteiger partial charge is 0.296 e. The molecule has 1 fully saturated rings. The van der Waals surface area contributed by atoms with Gasteiger partial charge in [-0.15, -0.1) is 0 Å². The van der Waals surface area contributed by atoms with Crippen LogP contribution in [0.1, 0.15) is 39.5 Å². The Hall–Kier alpha value is -1.05. The molecule has 1 aliphatic heterocycles. The molecule has 0 spiro atoms. The van der Waals surface area contributed by atoms with Crippen molar-refractivity contribution in [1.29, 1.82) is 0 Å². The fraction of sp³-hybridized carbons (Fsp3) is 0.714. The van der Waals surface area contributed by atoms with E-state index in [4.69, 9.17) is 5.84 Å². The first-order valence-electron chi connectivity index (χ1n) is 7.44. The first-order valence-corrected chi connectivity index (χ1v) is 8.39. The number of rotatable bonds is 5. The van der Waals surface area contributed by atoms with E-state index in [2.05, 4.69) is 24.2 Å². The molecule has 1 atom stereocenters. The van der Waals surface area contributed by atoms with Crippen LogP contribution < -0.4 is 11.3 Å². The van der Waals surface area contributed by atoms with E-state index in [1.54, 1.807) is 5.41 Å². The molecule has 0 aromatic rings. The molecule has 0 aromatic heterocycles. The number of carbonyl (C=O) groups is 2. The lowest BCUT2D eigenvalue weighted by Crippen LogP contribution is -2.54. The van der Waals surface area contributed by atoms with Crippen molar-refractivity contribution in [3.05, 3.63) is 11.1 Å². The monoisotopic (exact) mass is 312 g/mol. The van der Waals surface area contributed by atoms with Gasteiger partial charge in [-0.1, -0.05) is 38.5 Å². The number of hydrazine groups is 1. The minimum atomic E-state index is -0.435. The van der Waals surface area contributed by atoms with E-state index in [-0.39, 0.29) is 5.50 Å². The molecule has 2 rings (SSSR count). The van der Waals surface area contributed by atoms with E-state index in [9.17, 15) is 9.59 Å². The van der Waals surface area contributed by atoms with Gasteiger partial charge in [0.05, 0.1) is 5.70 Å². The zero-order chi connectivity index (χ0) is 15.4. The summed E-state index contributed by atoms with van der Waals surface area (Å²) in [5.74, 6) is 5.77. The van der Waals surface area contributed by atoms with Crippen LogP contribution in [0.2, 0.25) is 0 Å². The van der Waals surface area contributed by atoms with E-state index in [0.717, 1.165) is 19.4 Å². The van der Waals surface area contributed by atoms with Gasteiger partial charge in [0.15, 0.2) is 6.29 Å². The third-order valence-electron chi connectivity index (χ3n) is 3.93. The highest BCUT2D eigenvalue weighted by atomic mass is 32.2. The molecule has 1 saturated carbocycles. The minimum absolute atomic E-state index is 0.181. The summed E-state index contributed by atoms with van der Waals surface area (Å²) in [5.41, 5.74) is 2.34. The number of nitrogens with two attached hydrogens (primary N) is 1. The summed E-state index contributed by atoms with van der Waals surface area (Å²) in [6.07, 6.45) is 5.47. The standard InChI is InChI=1S/C14H24N4O2S/c1-10(2)7-17(11-5-3-4-6-11)14-18(13(20)16-15)12(8-19)9-21-14/h8-11,14H,3-7,15H2,1-2H3,(H,16,20). The summed E-state index contributed by atoms with van der Waals surface area (Å²) >= 11 is 1.51. The summed E-state index contributed by atoms with van der Waals surface area (Å²) in [6.45, 7) is 5.24. The number of urea groups is 1. The highest BCUT2D eigenvalue weighted by Crippen LogP contribution is 2.37. The largest absolute Gasteiger partial charge is 0.338 e. The molecule has 118 valence electrons. The van der Waals surface area contributed by atoms with Crippen molar-refractivity contribution in [2.45, 2.75) is 51.1 Å². The average Bonchev–Trinajstić information content (AvgIpc) is 3.12. The molecule has 0 radical (unpaired) electrons. The van der Waals surface area contributed by atoms with Gasteiger partial charge in [-0.05, 0) is 18.8 Å². The van der Waals surface area contributed by atoms with Gasteiger partial charge in [0.25, 0.3) is 0 Å². The fourth-order valence-corrected chi connectivity index (χ4v) is 4.23. The number of carbonyl (C=O) groups excluding carboxylic acids is 2. The van der Waals surface area contributed by atoms with Gasteiger partial charge in [0.1, 0.15) is 5.50 Å². The molecule has 7 heteroatoms. The molecule has 1 heterocycles. The quantitative estimate of drug-likeness (QED) is 0.350. The Morgan fingerprint density at radius 2 is 2.24 bits per heavy atom. The Balaban J connectivity index is 2.21. The van der Waals surface area contributed by atoms with Crippen molar-refractivity contribution in [3.63, 3.8) is 0 Å². The minimum Gasteiger partial charge on any atom is -0.296 e. The Kier molecular flexibility index (Phi) is 5.66. The number of aldehydes is 1. The zero-order valence-electron chi connectivity index (χ0n) is 12.6. The molecule has 0 saturated heterocycles. The van der Waals surface area contributed by atoms with E-state index in [1.165, 1.54) is 29.5 Å². The number of thioether (sulfide) groups is 1. The van der Waals surface area contributed by atoms with Crippen molar-refractivity contribution in [2.24, 2.45) is 11.8 Å². The van der Waals surface area contributed by atoms with E-state index in [1.807, 2.05) is 0 Å². The zero-order valence-corrected chi connectivity index (χ0v) is 13.4. The fourth-order valence-electron chi connectivity index (χ4n) is 3.05. The first kappa shape index (κ1) is 16.3. The summed E-state index contributed by atoms with van der Waals surface area (Å²) in [4.78, 5) is 27.1. The molecule has 0 aromatic carbocycles. The average molecular weight is 312 g/mol. The van der Waals surface area contributed by atoms with Crippen LogP contribution in [0, 0.1) is 5.92 Å². The van der Waals surface area contributed by atoms with Crippen molar-refractivity contribution in [1.82, 2.24) is 15.2 Å². The Bertz CT molecular complexity index is 421. The van der Waals surface area contributed by atoms with Crippen LogP contribution in [0.3, 0.4) is 0 Å². The Morgan fingerprint density at radius 1 is 1.57 bits per heavy atom. The van der Waals surface area contributed by atoms with Crippen LogP contribution in [0.25, 0.3) is 0 Å². The summed E-state index contributed by atoms with van der Waals surface area (Å²) in [5, 5.41) is 1.75. The molecule has 1 unspecified atom stereocenters. The molecular formula is C14H24N4O2S. The number of allylic oxidation sites excluding steroid dienone is 1. The molecule has 21 heavy (non-hydrogen) atoms. The molecule has 2 amide bonds. The van der Waals surface area contributed by atoms with Gasteiger partial charge in [0, 0.05) is 18.0 Å². The molecule has 0 bridgehead atoms. The van der Waals surface area contributed by atoms with Crippen molar-refractivity contribution >= 4 is 24.1 Å². The van der Waals surface area contributed by atoms with Crippen molar-refractivity contribution in [3.8, 4) is 0 Å². The first-order chi connectivity index (χ1) is 10.1. The maximum absolute atomic E-state index is 12.0. The normalized spacial score (nSPS) is 23.0. The van der Waals surface area contributed by atoms with Gasteiger partial charge in [-0.25, -0.2) is 10.6 Å². The maximum atomic E-state index is 12.0. The van der Waals surface area contributed by atoms with E-state index >= 15 is 0 Å². The molecule has 3 N–H and O–H groups in total. The Labute approximate surface area is 130 Å². The number of amides is 2. The lowest BCUT2D eigenvalue weighted by Gasteiger charge is -2.39. The molecular weight excluding hydrogens is 288 g/mol. The SMILES string of the molecule is CC(C)CN(C1CCCC1)C1SC=C(C=O)N1C(=O)NN. The number of hydrogen-bond donors (Lipinski definition) is 2. The van der Waals surface area contributed by atoms with E-state index in [0.29, 0.717) is 23.9 Å². The number of nitrogens with one attached hydrogen (secondary N) is 1. The summed E-state index contributed by atoms with van der Waals surface area (Å²) < 4.78 is 0. The maximum Gasteiger partial charge on any atom is 0.338 e. The van der Waals surface area contributed by atoms with Gasteiger partial charge in [-0.3, -0.25) is 20.0 Å². The van der Waals surface area contributed by atoms with Gasteiger partial charge in [-0.2, -0.15) is 0 Å². The van der Waals surface area contributed by atoms with Crippen LogP contribution in [0.4, 0.5) is 4.79 Å². The number of nitrogens with zero attached hydrogens (tertiary/aromatic N) is 2. The van der Waals surface area contributed by atoms with Crippen molar-refractivity contribution in [2.75, 3.05) is 6.54 Å². The van der Waals surface area contributed by atoms with Gasteiger partial charge >= 0.3 is 6.03 Å². The molecule has 6 nitrogen and oxygen atoms in total. The van der Waals surface area contributed by atoms with Crippen LogP contribution >= 0.6 is 11.8 Å². The molecule has 2 aliphatic rings. The summed E-state index contributed by atoms with van der Waals surface area (Å²) in [6, 6.07) is 0.0347. The second-order valence-electron chi connectivity index (χ2n) is 5.97. The topological polar surface area (TPSA) is 78.7 Å². The second kappa shape index (κ2) is 7.29.